The SMILES string of the molecule is N#Cc1ccc(-c2ccc3ccc4ccc(-c5ccc6c(c5)c5ccccc5c5cc7c(cc65)oc5ccccc57)cc4c3c2)cc1. The van der Waals surface area contributed by atoms with Crippen molar-refractivity contribution in [3.05, 3.63) is 157 Å². The Morgan fingerprint density at radius 1 is 0.340 bits per heavy atom. The Hall–Kier alpha value is -6.43. The van der Waals surface area contributed by atoms with Gasteiger partial charge in [0, 0.05) is 10.8 Å². The average Bonchev–Trinajstić information content (AvgIpc) is 3.51. The molecule has 0 spiro atoms. The summed E-state index contributed by atoms with van der Waals surface area (Å²) in [5, 5.41) is 23.8. The van der Waals surface area contributed by atoms with Gasteiger partial charge in [-0.3, -0.25) is 0 Å². The summed E-state index contributed by atoms with van der Waals surface area (Å²) in [5.41, 5.74) is 7.13. The highest BCUT2D eigenvalue weighted by Gasteiger charge is 2.15. The Labute approximate surface area is 270 Å². The van der Waals surface area contributed by atoms with E-state index in [0.717, 1.165) is 33.1 Å². The molecule has 0 unspecified atom stereocenters. The molecule has 0 N–H and O–H groups in total. The number of rotatable bonds is 2. The average molecular weight is 596 g/mol. The first-order chi connectivity index (χ1) is 23.2. The molecule has 9 aromatic carbocycles. The highest BCUT2D eigenvalue weighted by molar-refractivity contribution is 6.28. The summed E-state index contributed by atoms with van der Waals surface area (Å²) >= 11 is 0. The van der Waals surface area contributed by atoms with Gasteiger partial charge in [-0.15, -0.1) is 0 Å². The van der Waals surface area contributed by atoms with Crippen LogP contribution < -0.4 is 0 Å². The second-order valence-corrected chi connectivity index (χ2v) is 12.4. The molecule has 10 rings (SSSR count). The molecule has 0 bridgehead atoms. The molecule has 0 atom stereocenters. The molecule has 47 heavy (non-hydrogen) atoms. The maximum atomic E-state index is 9.25. The minimum Gasteiger partial charge on any atom is -0.456 e. The summed E-state index contributed by atoms with van der Waals surface area (Å²) < 4.78 is 6.32. The molecule has 0 aliphatic carbocycles. The number of fused-ring (bicyclic) bond motifs is 12. The van der Waals surface area contributed by atoms with Gasteiger partial charge in [-0.1, -0.05) is 103 Å². The van der Waals surface area contributed by atoms with Crippen LogP contribution in [0, 0.1) is 11.3 Å². The topological polar surface area (TPSA) is 36.9 Å². The number of hydrogen-bond acceptors (Lipinski definition) is 2. The quantitative estimate of drug-likeness (QED) is 0.186. The maximum absolute atomic E-state index is 9.25. The van der Waals surface area contributed by atoms with Crippen molar-refractivity contribution >= 4 is 75.8 Å². The Kier molecular flexibility index (Phi) is 5.38. The number of nitrogens with zero attached hydrogens (tertiary/aromatic N) is 1. The summed E-state index contributed by atoms with van der Waals surface area (Å²) in [4.78, 5) is 0. The van der Waals surface area contributed by atoms with Gasteiger partial charge in [0.15, 0.2) is 0 Å². The molecule has 2 heteroatoms. The van der Waals surface area contributed by atoms with E-state index in [-0.39, 0.29) is 0 Å². The molecule has 0 saturated heterocycles. The van der Waals surface area contributed by atoms with E-state index in [1.54, 1.807) is 0 Å². The summed E-state index contributed by atoms with van der Waals surface area (Å²) in [6.07, 6.45) is 0. The molecular formula is C45H25NO. The standard InChI is InChI=1S/C45H25NO/c46-26-27-9-11-28(12-10-27)31-17-15-29-13-14-30-16-18-32(22-39(30)38(29)21-31)33-19-20-36-40(23-33)34-5-1-2-6-35(34)41-24-43-37-7-3-4-8-44(37)47-45(43)25-42(36)41/h1-25H. The van der Waals surface area contributed by atoms with E-state index in [4.69, 9.17) is 4.42 Å². The van der Waals surface area contributed by atoms with Gasteiger partial charge < -0.3 is 4.42 Å². The number of para-hydroxylation sites is 1. The Morgan fingerprint density at radius 2 is 0.830 bits per heavy atom. The fraction of sp³-hybridized carbons (Fsp3) is 0. The van der Waals surface area contributed by atoms with Crippen LogP contribution in [0.3, 0.4) is 0 Å². The zero-order valence-electron chi connectivity index (χ0n) is 25.3. The van der Waals surface area contributed by atoms with Crippen LogP contribution in [0.25, 0.3) is 98.1 Å². The lowest BCUT2D eigenvalue weighted by molar-refractivity contribution is 0.669. The summed E-state index contributed by atoms with van der Waals surface area (Å²) in [5.74, 6) is 0. The van der Waals surface area contributed by atoms with Crippen molar-refractivity contribution in [1.82, 2.24) is 0 Å². The van der Waals surface area contributed by atoms with Crippen LogP contribution in [0.2, 0.25) is 0 Å². The molecule has 1 heterocycles. The van der Waals surface area contributed by atoms with E-state index in [0.29, 0.717) is 5.56 Å². The van der Waals surface area contributed by atoms with Crippen LogP contribution >= 0.6 is 0 Å². The van der Waals surface area contributed by atoms with Crippen LogP contribution in [0.5, 0.6) is 0 Å². The highest BCUT2D eigenvalue weighted by atomic mass is 16.3. The molecule has 0 aliphatic rings. The first kappa shape index (κ1) is 25.9. The molecule has 0 amide bonds. The normalized spacial score (nSPS) is 11.8. The molecule has 1 aromatic heterocycles. The monoisotopic (exact) mass is 595 g/mol. The summed E-state index contributed by atoms with van der Waals surface area (Å²) in [6, 6.07) is 56.4. The van der Waals surface area contributed by atoms with Crippen molar-refractivity contribution in [2.45, 2.75) is 0 Å². The van der Waals surface area contributed by atoms with E-state index >= 15 is 0 Å². The molecule has 0 radical (unpaired) electrons. The van der Waals surface area contributed by atoms with Gasteiger partial charge in [-0.25, -0.2) is 0 Å². The second-order valence-electron chi connectivity index (χ2n) is 12.4. The zero-order chi connectivity index (χ0) is 31.1. The predicted molar refractivity (Wildman–Crippen MR) is 197 cm³/mol. The van der Waals surface area contributed by atoms with Gasteiger partial charge in [0.1, 0.15) is 11.2 Å². The zero-order valence-corrected chi connectivity index (χ0v) is 25.3. The first-order valence-electron chi connectivity index (χ1n) is 15.9. The van der Waals surface area contributed by atoms with E-state index in [2.05, 4.69) is 121 Å². The summed E-state index contributed by atoms with van der Waals surface area (Å²) in [6.45, 7) is 0. The van der Waals surface area contributed by atoms with E-state index < -0.39 is 0 Å². The van der Waals surface area contributed by atoms with Crippen molar-refractivity contribution in [2.24, 2.45) is 0 Å². The van der Waals surface area contributed by atoms with Crippen molar-refractivity contribution < 1.29 is 4.42 Å². The number of benzene rings is 9. The molecule has 0 saturated carbocycles. The first-order valence-corrected chi connectivity index (χ1v) is 15.9. The third kappa shape index (κ3) is 3.91. The predicted octanol–water partition coefficient (Wildman–Crippen LogP) is 12.6. The minimum atomic E-state index is 0.670. The van der Waals surface area contributed by atoms with Crippen LogP contribution in [0.4, 0.5) is 0 Å². The van der Waals surface area contributed by atoms with Gasteiger partial charge in [0.2, 0.25) is 0 Å². The maximum Gasteiger partial charge on any atom is 0.136 e. The van der Waals surface area contributed by atoms with Crippen molar-refractivity contribution in [1.29, 1.82) is 5.26 Å². The van der Waals surface area contributed by atoms with Gasteiger partial charge in [-0.05, 0) is 125 Å². The Balaban J connectivity index is 1.18. The van der Waals surface area contributed by atoms with Crippen molar-refractivity contribution in [3.8, 4) is 28.3 Å². The molecule has 0 fully saturated rings. The molecule has 2 nitrogen and oxygen atoms in total. The largest absolute Gasteiger partial charge is 0.456 e. The van der Waals surface area contributed by atoms with Gasteiger partial charge >= 0.3 is 0 Å². The van der Waals surface area contributed by atoms with E-state index in [9.17, 15) is 5.26 Å². The second kappa shape index (κ2) is 9.78. The number of hydrogen-bond donors (Lipinski definition) is 0. The fourth-order valence-corrected chi connectivity index (χ4v) is 7.50. The van der Waals surface area contributed by atoms with Gasteiger partial charge in [0.25, 0.3) is 0 Å². The van der Waals surface area contributed by atoms with Gasteiger partial charge in [-0.2, -0.15) is 5.26 Å². The lowest BCUT2D eigenvalue weighted by atomic mass is 9.90. The van der Waals surface area contributed by atoms with Crippen molar-refractivity contribution in [3.63, 3.8) is 0 Å². The summed E-state index contributed by atoms with van der Waals surface area (Å²) in [7, 11) is 0. The molecule has 216 valence electrons. The molecule has 10 aromatic rings. The smallest absolute Gasteiger partial charge is 0.136 e. The lowest BCUT2D eigenvalue weighted by Crippen LogP contribution is -1.86. The third-order valence-corrected chi connectivity index (χ3v) is 9.85. The van der Waals surface area contributed by atoms with Crippen LogP contribution in [-0.4, -0.2) is 0 Å². The van der Waals surface area contributed by atoms with Crippen molar-refractivity contribution in [2.75, 3.05) is 0 Å². The highest BCUT2D eigenvalue weighted by Crippen LogP contribution is 2.41. The Morgan fingerprint density at radius 3 is 1.51 bits per heavy atom. The Bertz CT molecular complexity index is 2960. The van der Waals surface area contributed by atoms with Gasteiger partial charge in [0.05, 0.1) is 11.6 Å². The van der Waals surface area contributed by atoms with Crippen LogP contribution in [-0.2, 0) is 0 Å². The number of furan rings is 1. The van der Waals surface area contributed by atoms with E-state index in [1.807, 2.05) is 36.4 Å². The van der Waals surface area contributed by atoms with E-state index in [1.165, 1.54) is 65.0 Å². The number of nitriles is 1. The minimum absolute atomic E-state index is 0.670. The van der Waals surface area contributed by atoms with Crippen LogP contribution in [0.1, 0.15) is 5.56 Å². The third-order valence-electron chi connectivity index (χ3n) is 9.85. The molecule has 0 aliphatic heterocycles. The fourth-order valence-electron chi connectivity index (χ4n) is 7.50. The van der Waals surface area contributed by atoms with Crippen LogP contribution in [0.15, 0.2) is 156 Å². The lowest BCUT2D eigenvalue weighted by Gasteiger charge is -2.13. The molecular weight excluding hydrogens is 571 g/mol.